The molecule has 106 valence electrons. The van der Waals surface area contributed by atoms with E-state index in [-0.39, 0.29) is 10.6 Å². The van der Waals surface area contributed by atoms with E-state index < -0.39 is 0 Å². The van der Waals surface area contributed by atoms with Crippen LogP contribution >= 0.6 is 0 Å². The lowest BCUT2D eigenvalue weighted by Crippen LogP contribution is -2.23. The van der Waals surface area contributed by atoms with Gasteiger partial charge in [0.2, 0.25) is 0 Å². The number of hydrogen-bond acceptors (Lipinski definition) is 3. The standard InChI is InChI=1S/C16H20N2O2/c1-9-12(3-2-4-13(9)18(19)20)8-17-16-14-10-5-6-11(7-10)15(14)16/h2-4,10-11,14-17H,5-8H2,1H3. The smallest absolute Gasteiger partial charge is 0.272 e. The Bertz CT molecular complexity index is 556. The minimum Gasteiger partial charge on any atom is -0.309 e. The molecule has 4 rings (SSSR count). The van der Waals surface area contributed by atoms with Crippen molar-refractivity contribution in [2.75, 3.05) is 0 Å². The van der Waals surface area contributed by atoms with Crippen LogP contribution in [-0.2, 0) is 6.54 Å². The van der Waals surface area contributed by atoms with Gasteiger partial charge in [0, 0.05) is 24.2 Å². The van der Waals surface area contributed by atoms with Gasteiger partial charge in [-0.2, -0.15) is 0 Å². The molecule has 3 saturated carbocycles. The Hall–Kier alpha value is -1.42. The van der Waals surface area contributed by atoms with Crippen LogP contribution in [0.15, 0.2) is 18.2 Å². The fourth-order valence-electron chi connectivity index (χ4n) is 4.89. The summed E-state index contributed by atoms with van der Waals surface area (Å²) in [5.41, 5.74) is 2.11. The summed E-state index contributed by atoms with van der Waals surface area (Å²) in [6, 6.07) is 6.06. The number of nitrogens with one attached hydrogen (secondary N) is 1. The van der Waals surface area contributed by atoms with Crippen molar-refractivity contribution in [2.24, 2.45) is 23.7 Å². The topological polar surface area (TPSA) is 55.2 Å². The zero-order valence-corrected chi connectivity index (χ0v) is 11.7. The maximum absolute atomic E-state index is 11.0. The number of benzene rings is 1. The predicted molar refractivity (Wildman–Crippen MR) is 76.3 cm³/mol. The summed E-state index contributed by atoms with van der Waals surface area (Å²) < 4.78 is 0. The molecule has 0 spiro atoms. The van der Waals surface area contributed by atoms with Crippen LogP contribution in [0.3, 0.4) is 0 Å². The van der Waals surface area contributed by atoms with E-state index in [1.807, 2.05) is 13.0 Å². The summed E-state index contributed by atoms with van der Waals surface area (Å²) >= 11 is 0. The first-order valence-corrected chi connectivity index (χ1v) is 7.63. The van der Waals surface area contributed by atoms with Gasteiger partial charge in [-0.1, -0.05) is 12.1 Å². The van der Waals surface area contributed by atoms with Crippen LogP contribution in [0.1, 0.15) is 30.4 Å². The monoisotopic (exact) mass is 272 g/mol. The number of nitro benzene ring substituents is 1. The molecular formula is C16H20N2O2. The largest absolute Gasteiger partial charge is 0.309 e. The second-order valence-electron chi connectivity index (χ2n) is 6.71. The van der Waals surface area contributed by atoms with E-state index in [9.17, 15) is 10.1 Å². The van der Waals surface area contributed by atoms with Gasteiger partial charge < -0.3 is 5.32 Å². The highest BCUT2D eigenvalue weighted by molar-refractivity contribution is 5.44. The normalized spacial score (nSPS) is 37.0. The number of nitro groups is 1. The van der Waals surface area contributed by atoms with E-state index in [0.29, 0.717) is 6.04 Å². The highest BCUT2D eigenvalue weighted by Gasteiger charge is 2.64. The van der Waals surface area contributed by atoms with Crippen LogP contribution < -0.4 is 5.32 Å². The third-order valence-corrected chi connectivity index (χ3v) is 5.88. The molecule has 2 bridgehead atoms. The average Bonchev–Trinajstić information content (AvgIpc) is 2.81. The lowest BCUT2D eigenvalue weighted by molar-refractivity contribution is -0.385. The minimum absolute atomic E-state index is 0.236. The summed E-state index contributed by atoms with van der Waals surface area (Å²) in [6.07, 6.45) is 4.32. The lowest BCUT2D eigenvalue weighted by Gasteiger charge is -2.12. The van der Waals surface area contributed by atoms with E-state index in [1.54, 1.807) is 12.1 Å². The molecule has 1 aromatic rings. The van der Waals surface area contributed by atoms with Crippen molar-refractivity contribution in [2.45, 2.75) is 38.8 Å². The molecule has 4 atom stereocenters. The molecule has 1 N–H and O–H groups in total. The van der Waals surface area contributed by atoms with Crippen LogP contribution in [-0.4, -0.2) is 11.0 Å². The van der Waals surface area contributed by atoms with Crippen molar-refractivity contribution < 1.29 is 4.92 Å². The number of nitrogens with zero attached hydrogens (tertiary/aromatic N) is 1. The number of rotatable bonds is 4. The Morgan fingerprint density at radius 2 is 2.00 bits per heavy atom. The molecule has 0 radical (unpaired) electrons. The summed E-state index contributed by atoms with van der Waals surface area (Å²) in [7, 11) is 0. The van der Waals surface area contributed by atoms with E-state index in [4.69, 9.17) is 0 Å². The maximum atomic E-state index is 11.0. The van der Waals surface area contributed by atoms with Crippen molar-refractivity contribution >= 4 is 5.69 Å². The van der Waals surface area contributed by atoms with Crippen LogP contribution in [0.5, 0.6) is 0 Å². The third kappa shape index (κ3) is 1.71. The van der Waals surface area contributed by atoms with Gasteiger partial charge >= 0.3 is 0 Å². The Kier molecular flexibility index (Phi) is 2.64. The van der Waals surface area contributed by atoms with Gasteiger partial charge in [-0.15, -0.1) is 0 Å². The Morgan fingerprint density at radius 1 is 1.30 bits per heavy atom. The van der Waals surface area contributed by atoms with Crippen LogP contribution in [0.25, 0.3) is 0 Å². The first kappa shape index (κ1) is 12.3. The summed E-state index contributed by atoms with van der Waals surface area (Å²) in [5.74, 6) is 3.75. The fraction of sp³-hybridized carbons (Fsp3) is 0.625. The fourth-order valence-corrected chi connectivity index (χ4v) is 4.89. The summed E-state index contributed by atoms with van der Waals surface area (Å²) in [6.45, 7) is 2.62. The molecule has 3 aliphatic rings. The molecule has 0 heterocycles. The SMILES string of the molecule is Cc1c(CNC2C3C4CCC(C4)C23)cccc1[N+](=O)[O-]. The molecule has 0 aliphatic heterocycles. The molecule has 0 saturated heterocycles. The first-order chi connectivity index (χ1) is 9.66. The van der Waals surface area contributed by atoms with Gasteiger partial charge in [0.15, 0.2) is 0 Å². The quantitative estimate of drug-likeness (QED) is 0.677. The van der Waals surface area contributed by atoms with E-state index in [2.05, 4.69) is 5.32 Å². The van der Waals surface area contributed by atoms with E-state index >= 15 is 0 Å². The highest BCUT2D eigenvalue weighted by atomic mass is 16.6. The van der Waals surface area contributed by atoms with Crippen molar-refractivity contribution in [3.63, 3.8) is 0 Å². The lowest BCUT2D eigenvalue weighted by atomic mass is 10.0. The van der Waals surface area contributed by atoms with Gasteiger partial charge in [0.1, 0.15) is 0 Å². The summed E-state index contributed by atoms with van der Waals surface area (Å²) in [5, 5.41) is 14.6. The molecule has 3 fully saturated rings. The molecule has 3 aliphatic carbocycles. The van der Waals surface area contributed by atoms with Crippen molar-refractivity contribution in [1.29, 1.82) is 0 Å². The van der Waals surface area contributed by atoms with Gasteiger partial charge in [0.05, 0.1) is 4.92 Å². The molecule has 0 amide bonds. The Labute approximate surface area is 118 Å². The number of hydrogen-bond donors (Lipinski definition) is 1. The second-order valence-corrected chi connectivity index (χ2v) is 6.71. The predicted octanol–water partition coefficient (Wildman–Crippen LogP) is 3.04. The Morgan fingerprint density at radius 3 is 2.65 bits per heavy atom. The summed E-state index contributed by atoms with van der Waals surface area (Å²) in [4.78, 5) is 10.7. The highest BCUT2D eigenvalue weighted by Crippen LogP contribution is 2.65. The van der Waals surface area contributed by atoms with Crippen molar-refractivity contribution in [3.8, 4) is 0 Å². The molecule has 4 heteroatoms. The Balaban J connectivity index is 1.44. The van der Waals surface area contributed by atoms with Crippen LogP contribution in [0.4, 0.5) is 5.69 Å². The molecule has 4 nitrogen and oxygen atoms in total. The zero-order chi connectivity index (χ0) is 13.9. The second kappa shape index (κ2) is 4.29. The molecule has 1 aromatic carbocycles. The van der Waals surface area contributed by atoms with Gasteiger partial charge in [0.25, 0.3) is 5.69 Å². The van der Waals surface area contributed by atoms with Crippen LogP contribution in [0.2, 0.25) is 0 Å². The van der Waals surface area contributed by atoms with Gasteiger partial charge in [-0.25, -0.2) is 0 Å². The molecule has 20 heavy (non-hydrogen) atoms. The first-order valence-electron chi connectivity index (χ1n) is 7.63. The van der Waals surface area contributed by atoms with E-state index in [1.165, 1.54) is 19.3 Å². The molecule has 0 aromatic heterocycles. The van der Waals surface area contributed by atoms with Crippen LogP contribution in [0, 0.1) is 40.7 Å². The minimum atomic E-state index is -0.287. The van der Waals surface area contributed by atoms with Gasteiger partial charge in [-0.3, -0.25) is 10.1 Å². The number of fused-ring (bicyclic) bond motifs is 5. The van der Waals surface area contributed by atoms with Gasteiger partial charge in [-0.05, 0) is 55.4 Å². The van der Waals surface area contributed by atoms with Crippen molar-refractivity contribution in [1.82, 2.24) is 5.32 Å². The van der Waals surface area contributed by atoms with Crippen molar-refractivity contribution in [3.05, 3.63) is 39.4 Å². The molecular weight excluding hydrogens is 252 g/mol. The third-order valence-electron chi connectivity index (χ3n) is 5.88. The van der Waals surface area contributed by atoms with E-state index in [0.717, 1.165) is 41.3 Å². The average molecular weight is 272 g/mol. The zero-order valence-electron chi connectivity index (χ0n) is 11.7. The molecule has 4 unspecified atom stereocenters. The maximum Gasteiger partial charge on any atom is 0.272 e.